The molecule has 1 heterocycles. The molecular weight excluding hydrogens is 464 g/mol. The molecule has 5 aliphatic carbocycles. The van der Waals surface area contributed by atoms with Crippen LogP contribution in [0.3, 0.4) is 0 Å². The molecule has 0 unspecified atom stereocenters. The van der Waals surface area contributed by atoms with Crippen LogP contribution < -0.4 is 0 Å². The van der Waals surface area contributed by atoms with E-state index in [-0.39, 0.29) is 44.9 Å². The molecule has 5 nitrogen and oxygen atoms in total. The van der Waals surface area contributed by atoms with Crippen molar-refractivity contribution in [2.45, 2.75) is 125 Å². The lowest BCUT2D eigenvalue weighted by Crippen LogP contribution is -2.67. The summed E-state index contributed by atoms with van der Waals surface area (Å²) in [7, 11) is 0. The summed E-state index contributed by atoms with van der Waals surface area (Å²) in [6.07, 6.45) is 9.29. The van der Waals surface area contributed by atoms with Gasteiger partial charge >= 0.3 is 11.9 Å². The number of aliphatic hydroxyl groups excluding tert-OH is 1. The summed E-state index contributed by atoms with van der Waals surface area (Å²) >= 11 is 0. The molecule has 0 spiro atoms. The second-order valence-corrected chi connectivity index (χ2v) is 15.5. The Morgan fingerprint density at radius 1 is 1.03 bits per heavy atom. The van der Waals surface area contributed by atoms with Gasteiger partial charge in [0.05, 0.1) is 11.5 Å². The number of allylic oxidation sites excluding steroid dienone is 1. The van der Waals surface area contributed by atoms with Crippen LogP contribution in [0.15, 0.2) is 11.6 Å². The number of fused-ring (bicyclic) bond motifs is 5. The summed E-state index contributed by atoms with van der Waals surface area (Å²) < 4.78 is 12.1. The van der Waals surface area contributed by atoms with E-state index in [0.717, 1.165) is 44.9 Å². The summed E-state index contributed by atoms with van der Waals surface area (Å²) in [5.74, 6) is 1.08. The Kier molecular flexibility index (Phi) is 5.20. The van der Waals surface area contributed by atoms with Crippen LogP contribution in [0.5, 0.6) is 0 Å². The fraction of sp³-hybridized carbons (Fsp3) is 0.875. The van der Waals surface area contributed by atoms with Gasteiger partial charge in [-0.1, -0.05) is 53.2 Å². The molecule has 6 aliphatic rings. The summed E-state index contributed by atoms with van der Waals surface area (Å²) in [6, 6.07) is 0. The Labute approximate surface area is 223 Å². The molecule has 206 valence electrons. The maximum Gasteiger partial charge on any atom is 0.313 e. The number of carbonyl (C=O) groups excluding carboxylic acids is 2. The third-order valence-electron chi connectivity index (χ3n) is 14.0. The van der Waals surface area contributed by atoms with Gasteiger partial charge < -0.3 is 14.6 Å². The molecule has 2 bridgehead atoms. The van der Waals surface area contributed by atoms with Crippen molar-refractivity contribution in [2.75, 3.05) is 0 Å². The number of aliphatic hydroxyl groups is 1. The molecule has 4 saturated carbocycles. The van der Waals surface area contributed by atoms with E-state index in [0.29, 0.717) is 24.2 Å². The lowest BCUT2D eigenvalue weighted by molar-refractivity contribution is -0.237. The predicted molar refractivity (Wildman–Crippen MR) is 141 cm³/mol. The van der Waals surface area contributed by atoms with Crippen molar-refractivity contribution >= 4 is 11.9 Å². The van der Waals surface area contributed by atoms with E-state index in [1.807, 2.05) is 0 Å². The van der Waals surface area contributed by atoms with E-state index < -0.39 is 17.8 Å². The topological polar surface area (TPSA) is 72.8 Å². The average molecular weight is 513 g/mol. The van der Waals surface area contributed by atoms with Crippen molar-refractivity contribution in [1.82, 2.24) is 0 Å². The molecule has 1 aliphatic heterocycles. The molecule has 6 rings (SSSR count). The molecule has 0 radical (unpaired) electrons. The maximum absolute atomic E-state index is 13.5. The maximum atomic E-state index is 13.5. The molecule has 0 aromatic rings. The Morgan fingerprint density at radius 3 is 2.41 bits per heavy atom. The SMILES string of the molecule is CC(=O)O[C@@H]1C[C@@]2(C)[C@@H](CC[C@]3(C)[C@H]2CC=C2[C@H]4[C@]5(CC[C@@H](C)[C@]4(C)OC5=O)CC[C@]23C)C(C)(C)[C@H]1O. The van der Waals surface area contributed by atoms with Gasteiger partial charge in [0.25, 0.3) is 0 Å². The molecule has 1 N–H and O–H groups in total. The van der Waals surface area contributed by atoms with Crippen LogP contribution >= 0.6 is 0 Å². The molecular formula is C32H48O5. The third-order valence-corrected chi connectivity index (χ3v) is 14.0. The van der Waals surface area contributed by atoms with E-state index in [1.54, 1.807) is 0 Å². The van der Waals surface area contributed by atoms with Gasteiger partial charge in [0, 0.05) is 12.8 Å². The Bertz CT molecular complexity index is 1080. The summed E-state index contributed by atoms with van der Waals surface area (Å²) in [6.45, 7) is 17.8. The molecule has 11 atom stereocenters. The Balaban J connectivity index is 1.46. The highest BCUT2D eigenvalue weighted by Gasteiger charge is 2.75. The first-order valence-electron chi connectivity index (χ1n) is 14.9. The zero-order valence-corrected chi connectivity index (χ0v) is 24.3. The van der Waals surface area contributed by atoms with E-state index in [4.69, 9.17) is 9.47 Å². The van der Waals surface area contributed by atoms with Crippen LogP contribution in [-0.2, 0) is 19.1 Å². The summed E-state index contributed by atoms with van der Waals surface area (Å²) in [5, 5.41) is 11.3. The predicted octanol–water partition coefficient (Wildman–Crippen LogP) is 6.23. The van der Waals surface area contributed by atoms with Crippen LogP contribution in [0.2, 0.25) is 0 Å². The van der Waals surface area contributed by atoms with Crippen LogP contribution in [0.4, 0.5) is 0 Å². The first-order chi connectivity index (χ1) is 17.1. The molecule has 0 aromatic carbocycles. The van der Waals surface area contributed by atoms with Gasteiger partial charge in [-0.05, 0) is 97.7 Å². The standard InChI is InChI=1S/C32H48O5/c1-18-11-14-32-16-15-29(6)20(24(32)31(18,8)37-26(32)35)9-10-23-28(5)17-21(36-19(2)33)25(34)27(3,4)22(28)12-13-30(23,29)7/h9,18,21-25,34H,10-17H2,1-8H3/t18-,21-,22+,23+,24-,25+,28+,29-,30-,31+,32+/m1/s1. The second-order valence-electron chi connectivity index (χ2n) is 15.5. The number of esters is 2. The van der Waals surface area contributed by atoms with Crippen molar-refractivity contribution < 1.29 is 24.2 Å². The monoisotopic (exact) mass is 512 g/mol. The number of hydrogen-bond donors (Lipinski definition) is 1. The smallest absolute Gasteiger partial charge is 0.313 e. The van der Waals surface area contributed by atoms with Crippen molar-refractivity contribution in [3.63, 3.8) is 0 Å². The van der Waals surface area contributed by atoms with Crippen LogP contribution in [0.1, 0.15) is 107 Å². The van der Waals surface area contributed by atoms with Crippen LogP contribution in [0, 0.1) is 50.7 Å². The first kappa shape index (κ1) is 25.9. The van der Waals surface area contributed by atoms with Gasteiger partial charge in [0.1, 0.15) is 11.7 Å². The minimum Gasteiger partial charge on any atom is -0.460 e. The fourth-order valence-corrected chi connectivity index (χ4v) is 11.7. The van der Waals surface area contributed by atoms with Gasteiger partial charge in [0.15, 0.2) is 0 Å². The second kappa shape index (κ2) is 7.43. The van der Waals surface area contributed by atoms with Crippen molar-refractivity contribution in [3.8, 4) is 0 Å². The fourth-order valence-electron chi connectivity index (χ4n) is 11.7. The largest absolute Gasteiger partial charge is 0.460 e. The average Bonchev–Trinajstić information content (AvgIpc) is 2.97. The highest BCUT2D eigenvalue weighted by Crippen LogP contribution is 2.77. The van der Waals surface area contributed by atoms with Gasteiger partial charge in [0.2, 0.25) is 0 Å². The number of carbonyl (C=O) groups is 2. The lowest BCUT2D eigenvalue weighted by Gasteiger charge is -2.71. The van der Waals surface area contributed by atoms with Crippen LogP contribution in [0.25, 0.3) is 0 Å². The van der Waals surface area contributed by atoms with E-state index >= 15 is 0 Å². The van der Waals surface area contributed by atoms with E-state index in [2.05, 4.69) is 54.5 Å². The zero-order chi connectivity index (χ0) is 27.0. The highest BCUT2D eigenvalue weighted by atomic mass is 16.6. The van der Waals surface area contributed by atoms with Gasteiger partial charge in [-0.15, -0.1) is 0 Å². The van der Waals surface area contributed by atoms with Gasteiger partial charge in [-0.3, -0.25) is 9.59 Å². The Morgan fingerprint density at radius 2 is 1.73 bits per heavy atom. The minimum absolute atomic E-state index is 0.00149. The molecule has 5 heteroatoms. The quantitative estimate of drug-likeness (QED) is 0.333. The summed E-state index contributed by atoms with van der Waals surface area (Å²) in [4.78, 5) is 25.5. The van der Waals surface area contributed by atoms with Crippen molar-refractivity contribution in [1.29, 1.82) is 0 Å². The van der Waals surface area contributed by atoms with E-state index in [9.17, 15) is 14.7 Å². The highest BCUT2D eigenvalue weighted by molar-refractivity contribution is 5.82. The summed E-state index contributed by atoms with van der Waals surface area (Å²) in [5.41, 5.74) is 0.446. The van der Waals surface area contributed by atoms with E-state index in [1.165, 1.54) is 12.5 Å². The Hall–Kier alpha value is -1.36. The van der Waals surface area contributed by atoms with Crippen LogP contribution in [-0.4, -0.2) is 34.9 Å². The lowest BCUT2D eigenvalue weighted by atomic mass is 9.33. The zero-order valence-electron chi connectivity index (χ0n) is 24.3. The first-order valence-corrected chi connectivity index (χ1v) is 14.9. The molecule has 37 heavy (non-hydrogen) atoms. The number of ether oxygens (including phenoxy) is 2. The molecule has 5 fully saturated rings. The third kappa shape index (κ3) is 2.86. The normalized spacial score (nSPS) is 55.6. The van der Waals surface area contributed by atoms with Gasteiger partial charge in [-0.25, -0.2) is 0 Å². The number of rotatable bonds is 1. The molecule has 1 saturated heterocycles. The number of hydrogen-bond acceptors (Lipinski definition) is 5. The van der Waals surface area contributed by atoms with Crippen molar-refractivity contribution in [2.24, 2.45) is 50.7 Å². The van der Waals surface area contributed by atoms with Crippen molar-refractivity contribution in [3.05, 3.63) is 11.6 Å². The minimum atomic E-state index is -0.652. The van der Waals surface area contributed by atoms with Gasteiger partial charge in [-0.2, -0.15) is 0 Å². The molecule has 0 aromatic heterocycles. The molecule has 0 amide bonds.